The molecule has 4 rings (SSSR count). The van der Waals surface area contributed by atoms with Crippen LogP contribution >= 0.6 is 0 Å². The van der Waals surface area contributed by atoms with Crippen molar-refractivity contribution in [3.63, 3.8) is 0 Å². The summed E-state index contributed by atoms with van der Waals surface area (Å²) in [7, 11) is 0. The minimum atomic E-state index is -0.385. The molecule has 0 unspecified atom stereocenters. The molecule has 1 amide bonds. The number of aromatic nitrogens is 2. The Hall–Kier alpha value is -2.41. The number of likely N-dealkylation sites (tertiary alicyclic amines) is 1. The van der Waals surface area contributed by atoms with Crippen LogP contribution in [0.15, 0.2) is 36.7 Å². The monoisotopic (exact) mass is 372 g/mol. The molecule has 1 saturated carbocycles. The number of hydrogen-bond acceptors (Lipinski definition) is 4. The fourth-order valence-corrected chi connectivity index (χ4v) is 4.22. The van der Waals surface area contributed by atoms with Crippen molar-refractivity contribution in [2.75, 3.05) is 26.2 Å². The van der Waals surface area contributed by atoms with E-state index in [9.17, 15) is 9.18 Å². The first-order valence-corrected chi connectivity index (χ1v) is 9.56. The first-order valence-electron chi connectivity index (χ1n) is 9.56. The number of nitrogens with one attached hydrogen (secondary N) is 2. The van der Waals surface area contributed by atoms with Crippen molar-refractivity contribution < 1.29 is 13.9 Å². The van der Waals surface area contributed by atoms with Crippen molar-refractivity contribution in [2.45, 2.75) is 19.4 Å². The van der Waals surface area contributed by atoms with Gasteiger partial charge in [-0.2, -0.15) is 0 Å². The second-order valence-electron chi connectivity index (χ2n) is 7.40. The number of benzene rings is 1. The average molecular weight is 372 g/mol. The van der Waals surface area contributed by atoms with E-state index in [0.29, 0.717) is 18.4 Å². The molecule has 0 spiro atoms. The van der Waals surface area contributed by atoms with Crippen LogP contribution in [0.25, 0.3) is 0 Å². The molecule has 0 bridgehead atoms. The number of rotatable bonds is 7. The van der Waals surface area contributed by atoms with Gasteiger partial charge in [-0.25, -0.2) is 9.37 Å². The smallest absolute Gasteiger partial charge is 0.223 e. The third-order valence-electron chi connectivity index (χ3n) is 5.72. The van der Waals surface area contributed by atoms with Gasteiger partial charge in [0.25, 0.3) is 0 Å². The number of piperidine rings is 1. The van der Waals surface area contributed by atoms with Crippen molar-refractivity contribution in [1.29, 1.82) is 0 Å². The van der Waals surface area contributed by atoms with Crippen molar-refractivity contribution in [3.05, 3.63) is 48.3 Å². The number of carbonyl (C=O) groups excluding carboxylic acids is 1. The Morgan fingerprint density at radius 3 is 3.11 bits per heavy atom. The molecular weight excluding hydrogens is 347 g/mol. The van der Waals surface area contributed by atoms with Gasteiger partial charge in [0.1, 0.15) is 12.4 Å². The van der Waals surface area contributed by atoms with Gasteiger partial charge in [0, 0.05) is 24.9 Å². The second-order valence-corrected chi connectivity index (χ2v) is 7.40. The van der Waals surface area contributed by atoms with Crippen molar-refractivity contribution >= 4 is 5.91 Å². The minimum Gasteiger partial charge on any atom is -0.489 e. The van der Waals surface area contributed by atoms with Crippen LogP contribution < -0.4 is 10.1 Å². The maximum absolute atomic E-state index is 13.5. The normalized spacial score (nSPS) is 24.7. The molecule has 7 heteroatoms. The van der Waals surface area contributed by atoms with E-state index >= 15 is 0 Å². The maximum Gasteiger partial charge on any atom is 0.223 e. The molecule has 1 aromatic carbocycles. The summed E-state index contributed by atoms with van der Waals surface area (Å²) in [6, 6.07) is 6.29. The summed E-state index contributed by atoms with van der Waals surface area (Å²) < 4.78 is 18.9. The fourth-order valence-electron chi connectivity index (χ4n) is 4.22. The van der Waals surface area contributed by atoms with Crippen molar-refractivity contribution in [1.82, 2.24) is 20.2 Å². The van der Waals surface area contributed by atoms with Gasteiger partial charge in [0.15, 0.2) is 11.6 Å². The Labute approximate surface area is 158 Å². The molecule has 27 heavy (non-hydrogen) atoms. The maximum atomic E-state index is 13.5. The lowest BCUT2D eigenvalue weighted by Gasteiger charge is -2.50. The highest BCUT2D eigenvalue weighted by atomic mass is 19.1. The lowest BCUT2D eigenvalue weighted by atomic mass is 9.61. The van der Waals surface area contributed by atoms with E-state index in [2.05, 4.69) is 20.2 Å². The fraction of sp³-hybridized carbons (Fsp3) is 0.500. The Balaban J connectivity index is 1.21. The van der Waals surface area contributed by atoms with Crippen molar-refractivity contribution in [3.8, 4) is 5.75 Å². The number of fused-ring (bicyclic) bond motifs is 1. The summed E-state index contributed by atoms with van der Waals surface area (Å²) in [5.41, 5.74) is 0. The van der Waals surface area contributed by atoms with E-state index in [0.717, 1.165) is 38.3 Å². The van der Waals surface area contributed by atoms with Crippen LogP contribution in [-0.2, 0) is 11.3 Å². The van der Waals surface area contributed by atoms with Gasteiger partial charge in [-0.05, 0) is 43.4 Å². The largest absolute Gasteiger partial charge is 0.489 e. The molecule has 2 aliphatic rings. The predicted octanol–water partition coefficient (Wildman–Crippen LogP) is 2.20. The highest BCUT2D eigenvalue weighted by Crippen LogP contribution is 2.45. The Kier molecular flexibility index (Phi) is 5.38. The standard InChI is InChI=1S/C20H25FN4O2/c21-17-3-1-2-4-18(17)27-10-8-24-20(26)15-11-14-5-9-25(12-16(14)15)13-19-22-6-7-23-19/h1-4,6-7,14-16H,5,8-13H2,(H,22,23)(H,24,26)/t14-,15-,16-/m1/s1. The average Bonchev–Trinajstić information content (AvgIpc) is 3.15. The number of carbonyl (C=O) groups is 1. The van der Waals surface area contributed by atoms with Crippen molar-refractivity contribution in [2.24, 2.45) is 17.8 Å². The molecule has 3 atom stereocenters. The molecule has 2 heterocycles. The topological polar surface area (TPSA) is 70.2 Å². The van der Waals surface area contributed by atoms with E-state index in [1.165, 1.54) is 6.07 Å². The van der Waals surface area contributed by atoms with Gasteiger partial charge >= 0.3 is 0 Å². The lowest BCUT2D eigenvalue weighted by Crippen LogP contribution is -2.55. The number of hydrogen-bond donors (Lipinski definition) is 2. The molecule has 2 fully saturated rings. The predicted molar refractivity (Wildman–Crippen MR) is 98.5 cm³/mol. The van der Waals surface area contributed by atoms with E-state index < -0.39 is 0 Å². The van der Waals surface area contributed by atoms with Gasteiger partial charge in [-0.3, -0.25) is 9.69 Å². The van der Waals surface area contributed by atoms with Crippen LogP contribution in [0.4, 0.5) is 4.39 Å². The summed E-state index contributed by atoms with van der Waals surface area (Å²) in [6.07, 6.45) is 5.72. The number of nitrogens with zero attached hydrogens (tertiary/aromatic N) is 2. The molecule has 1 aromatic heterocycles. The van der Waals surface area contributed by atoms with Gasteiger partial charge in [-0.15, -0.1) is 0 Å². The van der Waals surface area contributed by atoms with E-state index in [1.807, 2.05) is 6.20 Å². The van der Waals surface area contributed by atoms with Gasteiger partial charge in [0.05, 0.1) is 13.1 Å². The zero-order valence-corrected chi connectivity index (χ0v) is 15.2. The number of para-hydroxylation sites is 1. The molecule has 1 saturated heterocycles. The Morgan fingerprint density at radius 1 is 1.41 bits per heavy atom. The van der Waals surface area contributed by atoms with Crippen LogP contribution in [0.3, 0.4) is 0 Å². The number of ether oxygens (including phenoxy) is 1. The molecule has 1 aliphatic heterocycles. The number of imidazole rings is 1. The number of H-pyrrole nitrogens is 1. The molecule has 6 nitrogen and oxygen atoms in total. The number of amides is 1. The minimum absolute atomic E-state index is 0.0721. The van der Waals surface area contributed by atoms with Crippen LogP contribution in [-0.4, -0.2) is 47.0 Å². The molecule has 0 radical (unpaired) electrons. The van der Waals surface area contributed by atoms with Crippen LogP contribution in [0.1, 0.15) is 18.7 Å². The molecular formula is C20H25FN4O2. The molecule has 2 N–H and O–H groups in total. The van der Waals surface area contributed by atoms with Gasteiger partial charge < -0.3 is 15.0 Å². The highest BCUT2D eigenvalue weighted by molar-refractivity contribution is 5.80. The summed E-state index contributed by atoms with van der Waals surface area (Å²) in [5.74, 6) is 2.04. The first-order chi connectivity index (χ1) is 13.2. The van der Waals surface area contributed by atoms with E-state index in [-0.39, 0.29) is 30.0 Å². The molecule has 144 valence electrons. The lowest BCUT2D eigenvalue weighted by molar-refractivity contribution is -0.137. The second kappa shape index (κ2) is 8.08. The highest BCUT2D eigenvalue weighted by Gasteiger charge is 2.47. The number of halogens is 1. The first kappa shape index (κ1) is 18.0. The summed E-state index contributed by atoms with van der Waals surface area (Å²) in [6.45, 7) is 3.46. The van der Waals surface area contributed by atoms with Gasteiger partial charge in [0.2, 0.25) is 5.91 Å². The zero-order valence-electron chi connectivity index (χ0n) is 15.2. The summed E-state index contributed by atoms with van der Waals surface area (Å²) in [5, 5.41) is 2.94. The summed E-state index contributed by atoms with van der Waals surface area (Å²) in [4.78, 5) is 22.3. The zero-order chi connectivity index (χ0) is 18.6. The van der Waals surface area contributed by atoms with Crippen LogP contribution in [0.5, 0.6) is 5.75 Å². The van der Waals surface area contributed by atoms with Crippen LogP contribution in [0, 0.1) is 23.6 Å². The third-order valence-corrected chi connectivity index (χ3v) is 5.72. The van der Waals surface area contributed by atoms with Crippen LogP contribution in [0.2, 0.25) is 0 Å². The number of aromatic amines is 1. The van der Waals surface area contributed by atoms with Gasteiger partial charge in [-0.1, -0.05) is 12.1 Å². The SMILES string of the molecule is O=C(NCCOc1ccccc1F)[C@@H]1C[C@H]2CCN(Cc3ncc[nH]3)C[C@H]21. The van der Waals surface area contributed by atoms with E-state index in [1.54, 1.807) is 24.4 Å². The molecule has 2 aromatic rings. The summed E-state index contributed by atoms with van der Waals surface area (Å²) >= 11 is 0. The van der Waals surface area contributed by atoms with E-state index in [4.69, 9.17) is 4.74 Å². The third kappa shape index (κ3) is 4.13. The Morgan fingerprint density at radius 2 is 2.30 bits per heavy atom. The quantitative estimate of drug-likeness (QED) is 0.731. The molecule has 1 aliphatic carbocycles. The Bertz CT molecular complexity index is 767.